The molecule has 2 heterocycles. The van der Waals surface area contributed by atoms with E-state index in [1.165, 1.54) is 0 Å². The highest BCUT2D eigenvalue weighted by Crippen LogP contribution is 2.36. The maximum atomic E-state index is 11.4. The molecule has 2 aromatic heterocycles. The third-order valence-corrected chi connectivity index (χ3v) is 4.78. The van der Waals surface area contributed by atoms with E-state index in [0.29, 0.717) is 0 Å². The minimum Gasteiger partial charge on any atom is -0.481 e. The standard InChI is InChI=1S/C18H20N2O2S/c1-11-15(12-8-6-5-7-9-12)20-13(10-14(21)22)16(18(2,3)4)19-17(20)23-11/h5-9H,10H2,1-4H3,(H,21,22). The Kier molecular flexibility index (Phi) is 3.76. The Morgan fingerprint density at radius 1 is 1.26 bits per heavy atom. The lowest BCUT2D eigenvalue weighted by atomic mass is 9.90. The number of hydrogen-bond acceptors (Lipinski definition) is 3. The molecule has 3 rings (SSSR count). The summed E-state index contributed by atoms with van der Waals surface area (Å²) in [5.74, 6) is -0.833. The SMILES string of the molecule is Cc1sc2nc(C(C)(C)C)c(CC(=O)O)n2c1-c1ccccc1. The van der Waals surface area contributed by atoms with Gasteiger partial charge in [-0.1, -0.05) is 51.1 Å². The van der Waals surface area contributed by atoms with E-state index in [4.69, 9.17) is 4.98 Å². The van der Waals surface area contributed by atoms with Crippen LogP contribution in [0.3, 0.4) is 0 Å². The number of aliphatic carboxylic acids is 1. The van der Waals surface area contributed by atoms with Gasteiger partial charge in [0.1, 0.15) is 0 Å². The second-order valence-electron chi connectivity index (χ2n) is 6.72. The van der Waals surface area contributed by atoms with Gasteiger partial charge < -0.3 is 5.11 Å². The molecule has 0 radical (unpaired) electrons. The van der Waals surface area contributed by atoms with Crippen molar-refractivity contribution in [3.8, 4) is 11.3 Å². The first-order chi connectivity index (χ1) is 10.8. The van der Waals surface area contributed by atoms with Crippen LogP contribution in [0.4, 0.5) is 0 Å². The Labute approximate surface area is 139 Å². The number of thiazole rings is 1. The topological polar surface area (TPSA) is 54.6 Å². The van der Waals surface area contributed by atoms with Crippen molar-refractivity contribution < 1.29 is 9.90 Å². The minimum absolute atomic E-state index is 0.0240. The number of aryl methyl sites for hydroxylation is 1. The minimum atomic E-state index is -0.833. The average Bonchev–Trinajstić information content (AvgIpc) is 2.95. The van der Waals surface area contributed by atoms with Crippen LogP contribution in [-0.4, -0.2) is 20.5 Å². The number of benzene rings is 1. The van der Waals surface area contributed by atoms with Crippen molar-refractivity contribution in [3.63, 3.8) is 0 Å². The van der Waals surface area contributed by atoms with Gasteiger partial charge in [0.2, 0.25) is 0 Å². The van der Waals surface area contributed by atoms with Gasteiger partial charge in [0.15, 0.2) is 4.96 Å². The van der Waals surface area contributed by atoms with E-state index in [0.717, 1.165) is 32.5 Å². The van der Waals surface area contributed by atoms with E-state index < -0.39 is 5.97 Å². The monoisotopic (exact) mass is 328 g/mol. The molecule has 0 saturated carbocycles. The molecule has 0 atom stereocenters. The van der Waals surface area contributed by atoms with E-state index in [2.05, 4.69) is 39.8 Å². The van der Waals surface area contributed by atoms with Crippen LogP contribution in [-0.2, 0) is 16.6 Å². The summed E-state index contributed by atoms with van der Waals surface area (Å²) in [7, 11) is 0. The molecule has 120 valence electrons. The lowest BCUT2D eigenvalue weighted by Gasteiger charge is -2.18. The summed E-state index contributed by atoms with van der Waals surface area (Å²) in [5, 5.41) is 9.37. The van der Waals surface area contributed by atoms with Crippen LogP contribution >= 0.6 is 11.3 Å². The summed E-state index contributed by atoms with van der Waals surface area (Å²) < 4.78 is 2.03. The Morgan fingerprint density at radius 3 is 2.48 bits per heavy atom. The van der Waals surface area contributed by atoms with Crippen LogP contribution in [0.15, 0.2) is 30.3 Å². The van der Waals surface area contributed by atoms with Crippen molar-refractivity contribution in [2.24, 2.45) is 0 Å². The molecule has 1 N–H and O–H groups in total. The van der Waals surface area contributed by atoms with Gasteiger partial charge in [-0.3, -0.25) is 9.20 Å². The first-order valence-corrected chi connectivity index (χ1v) is 8.39. The Hall–Kier alpha value is -2.14. The van der Waals surface area contributed by atoms with Crippen molar-refractivity contribution in [2.75, 3.05) is 0 Å². The number of aromatic nitrogens is 2. The molecule has 23 heavy (non-hydrogen) atoms. The molecule has 5 heteroatoms. The van der Waals surface area contributed by atoms with E-state index in [9.17, 15) is 9.90 Å². The van der Waals surface area contributed by atoms with Gasteiger partial charge in [0, 0.05) is 10.3 Å². The van der Waals surface area contributed by atoms with E-state index in [1.807, 2.05) is 22.6 Å². The largest absolute Gasteiger partial charge is 0.481 e. The normalized spacial score (nSPS) is 12.0. The van der Waals surface area contributed by atoms with E-state index >= 15 is 0 Å². The molecule has 0 aliphatic rings. The summed E-state index contributed by atoms with van der Waals surface area (Å²) >= 11 is 1.61. The summed E-state index contributed by atoms with van der Waals surface area (Å²) in [5.41, 5.74) is 3.58. The van der Waals surface area contributed by atoms with Crippen LogP contribution in [0.1, 0.15) is 37.0 Å². The molecule has 3 aromatic rings. The van der Waals surface area contributed by atoms with Crippen molar-refractivity contribution >= 4 is 22.3 Å². The maximum absolute atomic E-state index is 11.4. The predicted octanol–water partition coefficient (Wildman–Crippen LogP) is 4.30. The van der Waals surface area contributed by atoms with Crippen molar-refractivity contribution in [1.29, 1.82) is 0 Å². The average molecular weight is 328 g/mol. The molecule has 0 saturated heterocycles. The molecule has 0 unspecified atom stereocenters. The molecular weight excluding hydrogens is 308 g/mol. The fourth-order valence-electron chi connectivity index (χ4n) is 2.91. The zero-order valence-corrected chi connectivity index (χ0v) is 14.6. The number of rotatable bonds is 3. The molecule has 1 aromatic carbocycles. The highest BCUT2D eigenvalue weighted by Gasteiger charge is 2.28. The van der Waals surface area contributed by atoms with Crippen molar-refractivity contribution in [3.05, 3.63) is 46.6 Å². The number of carbonyl (C=O) groups is 1. The number of imidazole rings is 1. The molecule has 0 spiro atoms. The molecule has 0 amide bonds. The second-order valence-corrected chi connectivity index (χ2v) is 7.90. The van der Waals surface area contributed by atoms with Crippen LogP contribution in [0.25, 0.3) is 16.2 Å². The number of nitrogens with zero attached hydrogens (tertiary/aromatic N) is 2. The van der Waals surface area contributed by atoms with Gasteiger partial charge in [-0.05, 0) is 12.5 Å². The second kappa shape index (κ2) is 5.49. The summed E-state index contributed by atoms with van der Waals surface area (Å²) in [4.78, 5) is 18.2. The molecule has 0 fully saturated rings. The Balaban J connectivity index is 2.35. The van der Waals surface area contributed by atoms with Gasteiger partial charge in [-0.25, -0.2) is 4.98 Å². The molecule has 0 aliphatic heterocycles. The third-order valence-electron chi connectivity index (χ3n) is 3.82. The lowest BCUT2D eigenvalue weighted by molar-refractivity contribution is -0.136. The number of fused-ring (bicyclic) bond motifs is 1. The lowest BCUT2D eigenvalue weighted by Crippen LogP contribution is -2.17. The van der Waals surface area contributed by atoms with Crippen LogP contribution in [0.5, 0.6) is 0 Å². The number of hydrogen-bond donors (Lipinski definition) is 1. The quantitative estimate of drug-likeness (QED) is 0.780. The van der Waals surface area contributed by atoms with Gasteiger partial charge in [0.25, 0.3) is 0 Å². The van der Waals surface area contributed by atoms with Gasteiger partial charge >= 0.3 is 5.97 Å². The van der Waals surface area contributed by atoms with Gasteiger partial charge in [0.05, 0.1) is 23.5 Å². The fourth-order valence-corrected chi connectivity index (χ4v) is 3.92. The number of carboxylic acid groups (broad SMARTS) is 1. The van der Waals surface area contributed by atoms with E-state index in [1.54, 1.807) is 11.3 Å². The first kappa shape index (κ1) is 15.7. The fraction of sp³-hybridized carbons (Fsp3) is 0.333. The van der Waals surface area contributed by atoms with Gasteiger partial charge in [-0.2, -0.15) is 0 Å². The number of carboxylic acids is 1. The highest BCUT2D eigenvalue weighted by molar-refractivity contribution is 7.17. The van der Waals surface area contributed by atoms with Crippen LogP contribution < -0.4 is 0 Å². The molecule has 4 nitrogen and oxygen atoms in total. The summed E-state index contributed by atoms with van der Waals surface area (Å²) in [6.45, 7) is 8.27. The summed E-state index contributed by atoms with van der Waals surface area (Å²) in [6.07, 6.45) is -0.0240. The van der Waals surface area contributed by atoms with Gasteiger partial charge in [-0.15, -0.1) is 11.3 Å². The zero-order chi connectivity index (χ0) is 16.8. The predicted molar refractivity (Wildman–Crippen MR) is 93.3 cm³/mol. The molecule has 0 bridgehead atoms. The third kappa shape index (κ3) is 2.77. The zero-order valence-electron chi connectivity index (χ0n) is 13.8. The smallest absolute Gasteiger partial charge is 0.309 e. The van der Waals surface area contributed by atoms with Crippen LogP contribution in [0.2, 0.25) is 0 Å². The highest BCUT2D eigenvalue weighted by atomic mass is 32.1. The Morgan fingerprint density at radius 2 is 1.91 bits per heavy atom. The summed E-state index contributed by atoms with van der Waals surface area (Å²) in [6, 6.07) is 10.1. The first-order valence-electron chi connectivity index (χ1n) is 7.57. The van der Waals surface area contributed by atoms with Crippen molar-refractivity contribution in [2.45, 2.75) is 39.5 Å². The maximum Gasteiger partial charge on any atom is 0.309 e. The Bertz CT molecular complexity index is 870. The molecular formula is C18H20N2O2S. The van der Waals surface area contributed by atoms with E-state index in [-0.39, 0.29) is 11.8 Å². The molecule has 0 aliphatic carbocycles. The van der Waals surface area contributed by atoms with Crippen molar-refractivity contribution in [1.82, 2.24) is 9.38 Å². The van der Waals surface area contributed by atoms with Crippen LogP contribution in [0, 0.1) is 6.92 Å².